The van der Waals surface area contributed by atoms with Gasteiger partial charge in [-0.3, -0.25) is 5.41 Å². The van der Waals surface area contributed by atoms with Crippen LogP contribution >= 0.6 is 11.8 Å². The first-order chi connectivity index (χ1) is 6.22. The molecular formula is C10H13NOS. The van der Waals surface area contributed by atoms with E-state index in [-0.39, 0.29) is 0 Å². The number of ether oxygens (including phenoxy) is 1. The summed E-state index contributed by atoms with van der Waals surface area (Å²) in [7, 11) is 0. The van der Waals surface area contributed by atoms with Gasteiger partial charge < -0.3 is 4.74 Å². The Hall–Kier alpha value is -0.960. The first kappa shape index (κ1) is 10.1. The molecule has 0 saturated heterocycles. The molecule has 0 radical (unpaired) electrons. The predicted octanol–water partition coefficient (Wildman–Crippen LogP) is 2.71. The van der Waals surface area contributed by atoms with Crippen molar-refractivity contribution in [2.75, 3.05) is 12.9 Å². The summed E-state index contributed by atoms with van der Waals surface area (Å²) in [6.45, 7) is 2.39. The summed E-state index contributed by atoms with van der Waals surface area (Å²) in [6, 6.07) is 7.84. The zero-order valence-electron chi connectivity index (χ0n) is 7.83. The van der Waals surface area contributed by atoms with Gasteiger partial charge in [-0.1, -0.05) is 12.1 Å². The average Bonchev–Trinajstić information content (AvgIpc) is 2.14. The van der Waals surface area contributed by atoms with Crippen LogP contribution in [0, 0.1) is 12.3 Å². The van der Waals surface area contributed by atoms with E-state index in [1.807, 2.05) is 37.4 Å². The molecule has 0 atom stereocenters. The number of nitrogens with one attached hydrogen (secondary N) is 1. The quantitative estimate of drug-likeness (QED) is 0.594. The van der Waals surface area contributed by atoms with Crippen LogP contribution in [0.1, 0.15) is 5.56 Å². The second-order valence-corrected chi connectivity index (χ2v) is 3.63. The molecule has 0 aliphatic rings. The van der Waals surface area contributed by atoms with Gasteiger partial charge in [0.15, 0.2) is 0 Å². The lowest BCUT2D eigenvalue weighted by Gasteiger charge is -2.05. The lowest BCUT2D eigenvalue weighted by atomic mass is 10.2. The SMILES string of the molecule is CSC(=N)COc1cccc(C)c1. The lowest BCUT2D eigenvalue weighted by molar-refractivity contribution is 0.378. The van der Waals surface area contributed by atoms with Gasteiger partial charge in [-0.05, 0) is 30.9 Å². The van der Waals surface area contributed by atoms with Crippen molar-refractivity contribution in [3.63, 3.8) is 0 Å². The summed E-state index contributed by atoms with van der Waals surface area (Å²) in [5.41, 5.74) is 1.17. The van der Waals surface area contributed by atoms with Crippen molar-refractivity contribution in [1.29, 1.82) is 5.41 Å². The van der Waals surface area contributed by atoms with E-state index in [0.29, 0.717) is 11.7 Å². The van der Waals surface area contributed by atoms with E-state index in [9.17, 15) is 0 Å². The number of aryl methyl sites for hydroxylation is 1. The van der Waals surface area contributed by atoms with Crippen LogP contribution in [0.15, 0.2) is 24.3 Å². The van der Waals surface area contributed by atoms with Crippen LogP contribution in [0.4, 0.5) is 0 Å². The summed E-state index contributed by atoms with van der Waals surface area (Å²) in [5.74, 6) is 0.832. The third kappa shape index (κ3) is 3.51. The molecule has 2 nitrogen and oxygen atoms in total. The topological polar surface area (TPSA) is 33.1 Å². The standard InChI is InChI=1S/C10H13NOS/c1-8-4-3-5-9(6-8)12-7-10(11)13-2/h3-6,11H,7H2,1-2H3. The Labute approximate surface area is 82.8 Å². The van der Waals surface area contributed by atoms with Gasteiger partial charge in [0.05, 0.1) is 0 Å². The second-order valence-electron chi connectivity index (χ2n) is 2.73. The fraction of sp³-hybridized carbons (Fsp3) is 0.300. The van der Waals surface area contributed by atoms with E-state index < -0.39 is 0 Å². The fourth-order valence-corrected chi connectivity index (χ4v) is 1.09. The molecule has 70 valence electrons. The molecule has 0 saturated carbocycles. The third-order valence-electron chi connectivity index (χ3n) is 1.61. The van der Waals surface area contributed by atoms with Crippen molar-refractivity contribution in [3.8, 4) is 5.75 Å². The molecule has 1 aromatic carbocycles. The van der Waals surface area contributed by atoms with E-state index in [4.69, 9.17) is 10.1 Å². The maximum absolute atomic E-state index is 7.38. The molecule has 0 bridgehead atoms. The smallest absolute Gasteiger partial charge is 0.136 e. The summed E-state index contributed by atoms with van der Waals surface area (Å²) < 4.78 is 5.39. The summed E-state index contributed by atoms with van der Waals surface area (Å²) in [4.78, 5) is 0. The summed E-state index contributed by atoms with van der Waals surface area (Å²) in [6.07, 6.45) is 1.88. The van der Waals surface area contributed by atoms with Crippen molar-refractivity contribution in [2.45, 2.75) is 6.92 Å². The Morgan fingerprint density at radius 1 is 1.54 bits per heavy atom. The molecule has 0 spiro atoms. The highest BCUT2D eigenvalue weighted by Crippen LogP contribution is 2.12. The maximum atomic E-state index is 7.38. The lowest BCUT2D eigenvalue weighted by Crippen LogP contribution is -2.05. The van der Waals surface area contributed by atoms with Crippen molar-refractivity contribution < 1.29 is 4.74 Å². The minimum atomic E-state index is 0.366. The van der Waals surface area contributed by atoms with Crippen molar-refractivity contribution in [3.05, 3.63) is 29.8 Å². The molecule has 0 fully saturated rings. The van der Waals surface area contributed by atoms with Gasteiger partial charge in [0.1, 0.15) is 17.4 Å². The maximum Gasteiger partial charge on any atom is 0.136 e. The van der Waals surface area contributed by atoms with Crippen LogP contribution in [-0.2, 0) is 0 Å². The Kier molecular flexibility index (Phi) is 3.83. The number of rotatable bonds is 3. The number of thioether (sulfide) groups is 1. The van der Waals surface area contributed by atoms with Crippen molar-refractivity contribution in [1.82, 2.24) is 0 Å². The van der Waals surface area contributed by atoms with Gasteiger partial charge in [0.25, 0.3) is 0 Å². The van der Waals surface area contributed by atoms with E-state index >= 15 is 0 Å². The van der Waals surface area contributed by atoms with E-state index in [1.54, 1.807) is 0 Å². The number of benzene rings is 1. The molecule has 3 heteroatoms. The number of hydrogen-bond acceptors (Lipinski definition) is 3. The van der Waals surface area contributed by atoms with Gasteiger partial charge in [0.2, 0.25) is 0 Å². The molecular weight excluding hydrogens is 182 g/mol. The largest absolute Gasteiger partial charge is 0.487 e. The van der Waals surface area contributed by atoms with Crippen LogP contribution in [0.2, 0.25) is 0 Å². The first-order valence-electron chi connectivity index (χ1n) is 4.03. The molecule has 1 N–H and O–H groups in total. The van der Waals surface area contributed by atoms with Gasteiger partial charge in [-0.2, -0.15) is 0 Å². The predicted molar refractivity (Wildman–Crippen MR) is 57.9 cm³/mol. The Balaban J connectivity index is 2.50. The second kappa shape index (κ2) is 4.92. The molecule has 1 rings (SSSR count). The summed E-state index contributed by atoms with van der Waals surface area (Å²) in [5, 5.41) is 7.92. The Bertz CT molecular complexity index is 299. The Morgan fingerprint density at radius 2 is 2.31 bits per heavy atom. The minimum Gasteiger partial charge on any atom is -0.487 e. The zero-order valence-corrected chi connectivity index (χ0v) is 8.65. The van der Waals surface area contributed by atoms with Crippen molar-refractivity contribution >= 4 is 16.8 Å². The highest BCUT2D eigenvalue weighted by Gasteiger charge is 1.96. The average molecular weight is 195 g/mol. The molecule has 0 unspecified atom stereocenters. The molecule has 0 aliphatic carbocycles. The van der Waals surface area contributed by atoms with Crippen LogP contribution in [0.25, 0.3) is 0 Å². The van der Waals surface area contributed by atoms with E-state index in [1.165, 1.54) is 17.3 Å². The fourth-order valence-electron chi connectivity index (χ4n) is 0.913. The zero-order chi connectivity index (χ0) is 9.68. The summed E-state index contributed by atoms with van der Waals surface area (Å²) >= 11 is 1.41. The molecule has 13 heavy (non-hydrogen) atoms. The highest BCUT2D eigenvalue weighted by atomic mass is 32.2. The Morgan fingerprint density at radius 3 is 2.92 bits per heavy atom. The van der Waals surface area contributed by atoms with Gasteiger partial charge in [-0.25, -0.2) is 0 Å². The van der Waals surface area contributed by atoms with Crippen LogP contribution in [0.3, 0.4) is 0 Å². The number of hydrogen-bond donors (Lipinski definition) is 1. The van der Waals surface area contributed by atoms with Gasteiger partial charge in [-0.15, -0.1) is 11.8 Å². The van der Waals surface area contributed by atoms with Crippen LogP contribution in [0.5, 0.6) is 5.75 Å². The molecule has 1 aromatic rings. The van der Waals surface area contributed by atoms with E-state index in [2.05, 4.69) is 0 Å². The minimum absolute atomic E-state index is 0.366. The molecule has 0 heterocycles. The van der Waals surface area contributed by atoms with Crippen LogP contribution < -0.4 is 4.74 Å². The monoisotopic (exact) mass is 195 g/mol. The highest BCUT2D eigenvalue weighted by molar-refractivity contribution is 8.13. The van der Waals surface area contributed by atoms with Crippen molar-refractivity contribution in [2.24, 2.45) is 0 Å². The van der Waals surface area contributed by atoms with E-state index in [0.717, 1.165) is 5.75 Å². The van der Waals surface area contributed by atoms with Gasteiger partial charge >= 0.3 is 0 Å². The van der Waals surface area contributed by atoms with Gasteiger partial charge in [0, 0.05) is 0 Å². The van der Waals surface area contributed by atoms with Crippen LogP contribution in [-0.4, -0.2) is 17.9 Å². The first-order valence-corrected chi connectivity index (χ1v) is 5.25. The molecule has 0 aromatic heterocycles. The molecule has 0 amide bonds. The normalized spacial score (nSPS) is 9.69. The molecule has 0 aliphatic heterocycles. The third-order valence-corrected chi connectivity index (χ3v) is 2.22.